The zero-order valence-electron chi connectivity index (χ0n) is 12.0. The molecular formula is C15H23NO2. The summed E-state index contributed by atoms with van der Waals surface area (Å²) in [6.07, 6.45) is -0.439. The summed E-state index contributed by atoms with van der Waals surface area (Å²) in [5, 5.41) is 0. The molecule has 0 N–H and O–H groups in total. The Hall–Kier alpha value is -1.51. The number of aryl methyl sites for hydroxylation is 2. The van der Waals surface area contributed by atoms with E-state index in [1.807, 2.05) is 52.8 Å². The van der Waals surface area contributed by atoms with Crippen LogP contribution < -0.4 is 4.74 Å². The lowest BCUT2D eigenvalue weighted by Crippen LogP contribution is -2.40. The zero-order chi connectivity index (χ0) is 13.7. The van der Waals surface area contributed by atoms with Crippen molar-refractivity contribution >= 4 is 5.91 Å². The lowest BCUT2D eigenvalue weighted by molar-refractivity contribution is -0.137. The van der Waals surface area contributed by atoms with Crippen LogP contribution in [0, 0.1) is 13.8 Å². The number of hydrogen-bond acceptors (Lipinski definition) is 2. The van der Waals surface area contributed by atoms with Gasteiger partial charge in [-0.15, -0.1) is 0 Å². The summed E-state index contributed by atoms with van der Waals surface area (Å²) < 4.78 is 5.78. The lowest BCUT2D eigenvalue weighted by atomic mass is 10.1. The van der Waals surface area contributed by atoms with Crippen molar-refractivity contribution in [1.29, 1.82) is 0 Å². The van der Waals surface area contributed by atoms with E-state index < -0.39 is 6.10 Å². The standard InChI is InChI=1S/C15H23NO2/c1-6-16(7-2)15(17)13(5)18-14-10-11(3)8-9-12(14)4/h8-10,13H,6-7H2,1-5H3/t13-/m1/s1. The SMILES string of the molecule is CCN(CC)C(=O)[C@@H](C)Oc1cc(C)ccc1C. The first-order chi connectivity index (χ1) is 8.49. The van der Waals surface area contributed by atoms with Gasteiger partial charge in [-0.3, -0.25) is 4.79 Å². The number of nitrogens with zero attached hydrogens (tertiary/aromatic N) is 1. The highest BCUT2D eigenvalue weighted by atomic mass is 16.5. The third-order valence-corrected chi connectivity index (χ3v) is 3.07. The van der Waals surface area contributed by atoms with Gasteiger partial charge in [-0.2, -0.15) is 0 Å². The Labute approximate surface area is 110 Å². The van der Waals surface area contributed by atoms with Gasteiger partial charge in [0.25, 0.3) is 5.91 Å². The molecule has 0 aliphatic heterocycles. The van der Waals surface area contributed by atoms with Crippen LogP contribution in [0.3, 0.4) is 0 Å². The third-order valence-electron chi connectivity index (χ3n) is 3.07. The Morgan fingerprint density at radius 3 is 2.44 bits per heavy atom. The summed E-state index contributed by atoms with van der Waals surface area (Å²) in [6.45, 7) is 11.2. The normalized spacial score (nSPS) is 12.1. The zero-order valence-corrected chi connectivity index (χ0v) is 12.0. The minimum atomic E-state index is -0.439. The van der Waals surface area contributed by atoms with Crippen molar-refractivity contribution in [3.05, 3.63) is 29.3 Å². The molecule has 0 radical (unpaired) electrons. The molecule has 100 valence electrons. The van der Waals surface area contributed by atoms with E-state index in [2.05, 4.69) is 0 Å². The molecule has 1 amide bonds. The van der Waals surface area contributed by atoms with E-state index in [-0.39, 0.29) is 5.91 Å². The quantitative estimate of drug-likeness (QED) is 0.803. The number of carbonyl (C=O) groups excluding carboxylic acids is 1. The summed E-state index contributed by atoms with van der Waals surface area (Å²) in [4.78, 5) is 13.9. The summed E-state index contributed by atoms with van der Waals surface area (Å²) >= 11 is 0. The Kier molecular flexibility index (Phi) is 5.20. The van der Waals surface area contributed by atoms with Crippen molar-refractivity contribution in [1.82, 2.24) is 4.90 Å². The van der Waals surface area contributed by atoms with E-state index in [0.29, 0.717) is 0 Å². The number of carbonyl (C=O) groups is 1. The van der Waals surface area contributed by atoms with Gasteiger partial charge < -0.3 is 9.64 Å². The maximum atomic E-state index is 12.1. The van der Waals surface area contributed by atoms with Gasteiger partial charge >= 0.3 is 0 Å². The maximum Gasteiger partial charge on any atom is 0.263 e. The van der Waals surface area contributed by atoms with Gasteiger partial charge in [0, 0.05) is 13.1 Å². The summed E-state index contributed by atoms with van der Waals surface area (Å²) in [7, 11) is 0. The summed E-state index contributed by atoms with van der Waals surface area (Å²) in [6, 6.07) is 6.03. The topological polar surface area (TPSA) is 29.5 Å². The fourth-order valence-electron chi connectivity index (χ4n) is 1.87. The van der Waals surface area contributed by atoms with Crippen molar-refractivity contribution < 1.29 is 9.53 Å². The average molecular weight is 249 g/mol. The van der Waals surface area contributed by atoms with Crippen LogP contribution in [-0.2, 0) is 4.79 Å². The second-order valence-electron chi connectivity index (χ2n) is 4.54. The Balaban J connectivity index is 2.77. The molecule has 0 fully saturated rings. The summed E-state index contributed by atoms with van der Waals surface area (Å²) in [5.74, 6) is 0.837. The van der Waals surface area contributed by atoms with E-state index >= 15 is 0 Å². The second kappa shape index (κ2) is 6.43. The van der Waals surface area contributed by atoms with Crippen molar-refractivity contribution in [3.8, 4) is 5.75 Å². The molecule has 3 heteroatoms. The number of likely N-dealkylation sites (N-methyl/N-ethyl adjacent to an activating group) is 1. The largest absolute Gasteiger partial charge is 0.481 e. The molecular weight excluding hydrogens is 226 g/mol. The number of amides is 1. The fourth-order valence-corrected chi connectivity index (χ4v) is 1.87. The monoisotopic (exact) mass is 249 g/mol. The van der Waals surface area contributed by atoms with Crippen LogP contribution in [0.5, 0.6) is 5.75 Å². The molecule has 0 aliphatic rings. The number of benzene rings is 1. The van der Waals surface area contributed by atoms with Crippen LogP contribution in [0.4, 0.5) is 0 Å². The first-order valence-electron chi connectivity index (χ1n) is 6.52. The van der Waals surface area contributed by atoms with Crippen LogP contribution in [-0.4, -0.2) is 30.0 Å². The van der Waals surface area contributed by atoms with Crippen LogP contribution in [0.25, 0.3) is 0 Å². The predicted molar refractivity (Wildman–Crippen MR) is 73.9 cm³/mol. The van der Waals surface area contributed by atoms with Crippen LogP contribution in [0.1, 0.15) is 31.9 Å². The molecule has 0 saturated carbocycles. The van der Waals surface area contributed by atoms with Gasteiger partial charge in [0.1, 0.15) is 5.75 Å². The molecule has 0 bridgehead atoms. The minimum absolute atomic E-state index is 0.0425. The molecule has 0 aliphatic carbocycles. The van der Waals surface area contributed by atoms with E-state index in [1.54, 1.807) is 4.90 Å². The molecule has 3 nitrogen and oxygen atoms in total. The smallest absolute Gasteiger partial charge is 0.263 e. The summed E-state index contributed by atoms with van der Waals surface area (Å²) in [5.41, 5.74) is 2.19. The second-order valence-corrected chi connectivity index (χ2v) is 4.54. The highest BCUT2D eigenvalue weighted by Gasteiger charge is 2.20. The van der Waals surface area contributed by atoms with Gasteiger partial charge in [-0.25, -0.2) is 0 Å². The molecule has 0 saturated heterocycles. The average Bonchev–Trinajstić information content (AvgIpc) is 2.35. The van der Waals surface area contributed by atoms with Gasteiger partial charge in [-0.05, 0) is 51.8 Å². The lowest BCUT2D eigenvalue weighted by Gasteiger charge is -2.24. The van der Waals surface area contributed by atoms with E-state index in [1.165, 1.54) is 0 Å². The van der Waals surface area contributed by atoms with Crippen molar-refractivity contribution in [3.63, 3.8) is 0 Å². The number of rotatable bonds is 5. The molecule has 18 heavy (non-hydrogen) atoms. The Morgan fingerprint density at radius 1 is 1.28 bits per heavy atom. The van der Waals surface area contributed by atoms with Crippen molar-refractivity contribution in [2.45, 2.75) is 40.7 Å². The molecule has 1 rings (SSSR count). The number of ether oxygens (including phenoxy) is 1. The Bertz CT molecular complexity index is 411. The highest BCUT2D eigenvalue weighted by Crippen LogP contribution is 2.20. The van der Waals surface area contributed by atoms with Gasteiger partial charge in [0.2, 0.25) is 0 Å². The maximum absolute atomic E-state index is 12.1. The van der Waals surface area contributed by atoms with E-state index in [0.717, 1.165) is 30.0 Å². The van der Waals surface area contributed by atoms with Crippen molar-refractivity contribution in [2.24, 2.45) is 0 Å². The molecule has 1 atom stereocenters. The molecule has 1 aromatic carbocycles. The van der Waals surface area contributed by atoms with E-state index in [9.17, 15) is 4.79 Å². The number of hydrogen-bond donors (Lipinski definition) is 0. The fraction of sp³-hybridized carbons (Fsp3) is 0.533. The van der Waals surface area contributed by atoms with Gasteiger partial charge in [-0.1, -0.05) is 12.1 Å². The first-order valence-corrected chi connectivity index (χ1v) is 6.52. The predicted octanol–water partition coefficient (Wildman–Crippen LogP) is 2.94. The van der Waals surface area contributed by atoms with Gasteiger partial charge in [0.15, 0.2) is 6.10 Å². The Morgan fingerprint density at radius 2 is 1.89 bits per heavy atom. The molecule has 0 aromatic heterocycles. The third kappa shape index (κ3) is 3.49. The first kappa shape index (κ1) is 14.6. The highest BCUT2D eigenvalue weighted by molar-refractivity contribution is 5.80. The van der Waals surface area contributed by atoms with Crippen molar-refractivity contribution in [2.75, 3.05) is 13.1 Å². The van der Waals surface area contributed by atoms with E-state index in [4.69, 9.17) is 4.74 Å². The molecule has 1 aromatic rings. The molecule has 0 heterocycles. The van der Waals surface area contributed by atoms with Crippen LogP contribution >= 0.6 is 0 Å². The van der Waals surface area contributed by atoms with Crippen LogP contribution in [0.15, 0.2) is 18.2 Å². The molecule has 0 spiro atoms. The minimum Gasteiger partial charge on any atom is -0.481 e. The molecule has 0 unspecified atom stereocenters. The van der Waals surface area contributed by atoms with Crippen LogP contribution in [0.2, 0.25) is 0 Å². The van der Waals surface area contributed by atoms with Gasteiger partial charge in [0.05, 0.1) is 0 Å².